The zero-order valence-electron chi connectivity index (χ0n) is 13.6. The van der Waals surface area contributed by atoms with Crippen molar-refractivity contribution in [2.24, 2.45) is 5.41 Å². The van der Waals surface area contributed by atoms with Crippen LogP contribution in [-0.2, 0) is 19.1 Å². The maximum atomic E-state index is 12.8. The number of esters is 1. The third-order valence-electron chi connectivity index (χ3n) is 3.97. The van der Waals surface area contributed by atoms with E-state index in [1.54, 1.807) is 6.92 Å². The lowest BCUT2D eigenvalue weighted by Crippen LogP contribution is -2.38. The van der Waals surface area contributed by atoms with E-state index < -0.39 is 40.0 Å². The predicted molar refractivity (Wildman–Crippen MR) is 90.8 cm³/mol. The first-order valence-corrected chi connectivity index (χ1v) is 8.15. The molecule has 1 saturated carbocycles. The molecule has 0 radical (unpaired) electrons. The minimum Gasteiger partial charge on any atom is -0.455 e. The number of likely N-dealkylation sites (N-methyl/N-ethyl adjacent to an activating group) is 1. The fourth-order valence-corrected chi connectivity index (χ4v) is 2.74. The number of halogens is 3. The number of benzene rings is 1. The van der Waals surface area contributed by atoms with Gasteiger partial charge in [-0.15, -0.1) is 23.2 Å². The van der Waals surface area contributed by atoms with Crippen LogP contribution >= 0.6 is 23.2 Å². The van der Waals surface area contributed by atoms with Crippen molar-refractivity contribution in [3.05, 3.63) is 30.1 Å². The first-order chi connectivity index (χ1) is 11.5. The average molecular weight is 391 g/mol. The molecule has 9 heteroatoms. The number of carbonyl (C=O) groups excluding carboxylic acids is 3. The second kappa shape index (κ2) is 7.17. The van der Waals surface area contributed by atoms with Crippen LogP contribution in [0.5, 0.6) is 0 Å². The van der Waals surface area contributed by atoms with Crippen molar-refractivity contribution < 1.29 is 23.5 Å². The first kappa shape index (κ1) is 19.5. The van der Waals surface area contributed by atoms with E-state index in [2.05, 4.69) is 5.32 Å². The van der Waals surface area contributed by atoms with Gasteiger partial charge in [0, 0.05) is 19.2 Å². The number of hydrogen-bond acceptors (Lipinski definition) is 4. The summed E-state index contributed by atoms with van der Waals surface area (Å²) in [6.07, 6.45) is 0.256. The molecule has 1 aromatic rings. The average Bonchev–Trinajstić information content (AvgIpc) is 3.06. The van der Waals surface area contributed by atoms with E-state index >= 15 is 0 Å². The van der Waals surface area contributed by atoms with Gasteiger partial charge in [0.05, 0.1) is 6.54 Å². The van der Waals surface area contributed by atoms with E-state index in [0.717, 1.165) is 4.90 Å². The van der Waals surface area contributed by atoms with Gasteiger partial charge in [-0.2, -0.15) is 0 Å². The molecule has 1 fully saturated rings. The molecule has 0 aromatic heterocycles. The van der Waals surface area contributed by atoms with Gasteiger partial charge in [-0.25, -0.2) is 4.39 Å². The van der Waals surface area contributed by atoms with Crippen LogP contribution in [0.2, 0.25) is 0 Å². The second-order valence-corrected chi connectivity index (χ2v) is 7.58. The topological polar surface area (TPSA) is 75.7 Å². The molecule has 0 saturated heterocycles. The van der Waals surface area contributed by atoms with Gasteiger partial charge in [-0.1, -0.05) is 0 Å². The number of nitrogens with zero attached hydrogens (tertiary/aromatic N) is 1. The van der Waals surface area contributed by atoms with E-state index in [-0.39, 0.29) is 13.0 Å². The van der Waals surface area contributed by atoms with Crippen molar-refractivity contribution in [3.8, 4) is 0 Å². The number of ether oxygens (including phenoxy) is 1. The van der Waals surface area contributed by atoms with Crippen molar-refractivity contribution in [2.45, 2.75) is 17.7 Å². The summed E-state index contributed by atoms with van der Waals surface area (Å²) in [5.41, 5.74) is -0.615. The minimum absolute atomic E-state index is 0.250. The molecule has 2 rings (SSSR count). The van der Waals surface area contributed by atoms with E-state index in [1.807, 2.05) is 0 Å². The van der Waals surface area contributed by atoms with E-state index in [0.29, 0.717) is 5.69 Å². The molecule has 1 aromatic carbocycles. The Bertz CT molecular complexity index is 696. The van der Waals surface area contributed by atoms with Crippen molar-refractivity contribution in [1.82, 2.24) is 4.90 Å². The molecule has 0 bridgehead atoms. The quantitative estimate of drug-likeness (QED) is 0.597. The zero-order chi connectivity index (χ0) is 18.8. The van der Waals surface area contributed by atoms with Gasteiger partial charge in [0.2, 0.25) is 5.91 Å². The SMILES string of the molecule is CN(CC(=O)Nc1ccc(F)cc1)C(=O)COC(=O)[C@@]1(C)CC1(Cl)Cl. The summed E-state index contributed by atoms with van der Waals surface area (Å²) < 4.78 is 16.6. The van der Waals surface area contributed by atoms with Crippen LogP contribution in [-0.4, -0.2) is 47.2 Å². The van der Waals surface area contributed by atoms with Crippen LogP contribution in [0.3, 0.4) is 0 Å². The fourth-order valence-electron chi connectivity index (χ4n) is 2.06. The Hall–Kier alpha value is -1.86. The molecule has 1 N–H and O–H groups in total. The third-order valence-corrected chi connectivity index (χ3v) is 5.07. The Labute approximate surface area is 154 Å². The van der Waals surface area contributed by atoms with E-state index in [1.165, 1.54) is 31.3 Å². The molecule has 1 atom stereocenters. The number of rotatable bonds is 6. The van der Waals surface area contributed by atoms with Crippen LogP contribution in [0, 0.1) is 11.2 Å². The first-order valence-electron chi connectivity index (χ1n) is 7.39. The standard InChI is InChI=1S/C16H17Cl2FN2O4/c1-15(9-16(15,17)18)14(24)25-8-13(23)21(2)7-12(22)20-11-5-3-10(19)4-6-11/h3-6H,7-9H2,1-2H3,(H,20,22)/t15-/m1/s1. The Morgan fingerprint density at radius 2 is 1.84 bits per heavy atom. The number of amides is 2. The summed E-state index contributed by atoms with van der Waals surface area (Å²) in [4.78, 5) is 36.8. The molecule has 6 nitrogen and oxygen atoms in total. The van der Waals surface area contributed by atoms with Crippen LogP contribution < -0.4 is 5.32 Å². The molecule has 136 valence electrons. The number of carbonyl (C=O) groups is 3. The molecular formula is C16H17Cl2FN2O4. The molecular weight excluding hydrogens is 374 g/mol. The summed E-state index contributed by atoms with van der Waals surface area (Å²) >= 11 is 11.7. The number of hydrogen-bond donors (Lipinski definition) is 1. The van der Waals surface area contributed by atoms with Gasteiger partial charge in [0.25, 0.3) is 5.91 Å². The van der Waals surface area contributed by atoms with Crippen molar-refractivity contribution in [2.75, 3.05) is 25.5 Å². The lowest BCUT2D eigenvalue weighted by Gasteiger charge is -2.18. The lowest BCUT2D eigenvalue weighted by molar-refractivity contribution is -0.156. The summed E-state index contributed by atoms with van der Waals surface area (Å²) in [6, 6.07) is 5.21. The monoisotopic (exact) mass is 390 g/mol. The molecule has 0 unspecified atom stereocenters. The third kappa shape index (κ3) is 4.61. The highest BCUT2D eigenvalue weighted by Gasteiger charge is 2.69. The summed E-state index contributed by atoms with van der Waals surface area (Å²) in [5.74, 6) is -2.10. The highest BCUT2D eigenvalue weighted by atomic mass is 35.5. The Morgan fingerprint density at radius 3 is 2.36 bits per heavy atom. The van der Waals surface area contributed by atoms with Gasteiger partial charge in [0.15, 0.2) is 6.61 Å². The normalized spacial score (nSPS) is 20.5. The Kier molecular flexibility index (Phi) is 5.58. The van der Waals surface area contributed by atoms with Crippen molar-refractivity contribution in [3.63, 3.8) is 0 Å². The van der Waals surface area contributed by atoms with Gasteiger partial charge < -0.3 is 15.0 Å². The molecule has 25 heavy (non-hydrogen) atoms. The number of alkyl halides is 2. The highest BCUT2D eigenvalue weighted by Crippen LogP contribution is 2.64. The molecule has 1 aliphatic carbocycles. The largest absolute Gasteiger partial charge is 0.455 e. The maximum absolute atomic E-state index is 12.8. The van der Waals surface area contributed by atoms with Gasteiger partial charge in [0.1, 0.15) is 15.6 Å². The second-order valence-electron chi connectivity index (χ2n) is 6.09. The molecule has 0 spiro atoms. The van der Waals surface area contributed by atoms with Crippen molar-refractivity contribution in [1.29, 1.82) is 0 Å². The number of nitrogens with one attached hydrogen (secondary N) is 1. The smallest absolute Gasteiger partial charge is 0.315 e. The molecule has 2 amide bonds. The Balaban J connectivity index is 1.77. The van der Waals surface area contributed by atoms with Gasteiger partial charge >= 0.3 is 5.97 Å². The highest BCUT2D eigenvalue weighted by molar-refractivity contribution is 6.53. The summed E-state index contributed by atoms with van der Waals surface area (Å²) in [6.45, 7) is 0.790. The van der Waals surface area contributed by atoms with Crippen LogP contribution in [0.25, 0.3) is 0 Å². The Morgan fingerprint density at radius 1 is 1.28 bits per heavy atom. The van der Waals surface area contributed by atoms with Gasteiger partial charge in [-0.3, -0.25) is 14.4 Å². The van der Waals surface area contributed by atoms with E-state index in [4.69, 9.17) is 27.9 Å². The van der Waals surface area contributed by atoms with Crippen molar-refractivity contribution >= 4 is 46.7 Å². The summed E-state index contributed by atoms with van der Waals surface area (Å²) in [5, 5.41) is 2.52. The zero-order valence-corrected chi connectivity index (χ0v) is 15.2. The predicted octanol–water partition coefficient (Wildman–Crippen LogP) is 2.35. The molecule has 1 aliphatic rings. The maximum Gasteiger partial charge on any atom is 0.315 e. The lowest BCUT2D eigenvalue weighted by atomic mass is 10.1. The fraction of sp³-hybridized carbons (Fsp3) is 0.438. The molecule has 0 heterocycles. The van der Waals surface area contributed by atoms with Gasteiger partial charge in [-0.05, 0) is 31.2 Å². The van der Waals surface area contributed by atoms with Crippen LogP contribution in [0.1, 0.15) is 13.3 Å². The number of anilines is 1. The van der Waals surface area contributed by atoms with Crippen LogP contribution in [0.4, 0.5) is 10.1 Å². The molecule has 0 aliphatic heterocycles. The minimum atomic E-state index is -1.17. The summed E-state index contributed by atoms with van der Waals surface area (Å²) in [7, 11) is 1.40. The van der Waals surface area contributed by atoms with E-state index in [9.17, 15) is 18.8 Å². The van der Waals surface area contributed by atoms with Crippen LogP contribution in [0.15, 0.2) is 24.3 Å².